The van der Waals surface area contributed by atoms with Crippen LogP contribution in [-0.4, -0.2) is 120 Å². The summed E-state index contributed by atoms with van der Waals surface area (Å²) in [6.45, 7) is 5.68. The molecule has 10 nitrogen and oxygen atoms in total. The molecule has 3 aliphatic rings. The van der Waals surface area contributed by atoms with Crippen LogP contribution in [0.4, 0.5) is 0 Å². The van der Waals surface area contributed by atoms with Crippen molar-refractivity contribution in [3.63, 3.8) is 0 Å². The van der Waals surface area contributed by atoms with E-state index in [1.54, 1.807) is 7.11 Å². The fourth-order valence-corrected chi connectivity index (χ4v) is 4.59. The molecule has 3 fully saturated rings. The lowest BCUT2D eigenvalue weighted by atomic mass is 9.97. The van der Waals surface area contributed by atoms with Gasteiger partial charge in [0, 0.05) is 38.9 Å². The Labute approximate surface area is 207 Å². The van der Waals surface area contributed by atoms with Gasteiger partial charge in [-0.3, -0.25) is 4.90 Å². The van der Waals surface area contributed by atoms with Crippen molar-refractivity contribution in [2.24, 2.45) is 0 Å². The van der Waals surface area contributed by atoms with Crippen molar-refractivity contribution in [3.8, 4) is 0 Å². The lowest BCUT2D eigenvalue weighted by Gasteiger charge is -2.48. The summed E-state index contributed by atoms with van der Waals surface area (Å²) in [7, 11) is 1.60. The number of aliphatic hydroxyl groups is 1. The van der Waals surface area contributed by atoms with Crippen LogP contribution in [0.2, 0.25) is 0 Å². The van der Waals surface area contributed by atoms with E-state index in [1.807, 2.05) is 30.3 Å². The quantitative estimate of drug-likeness (QED) is 0.634. The molecule has 35 heavy (non-hydrogen) atoms. The number of hydrogen-bond donors (Lipinski definition) is 1. The summed E-state index contributed by atoms with van der Waals surface area (Å²) in [4.78, 5) is 2.23. The first-order chi connectivity index (χ1) is 17.3. The standard InChI is InChI=1S/C25H39NO9/c1-28-25-23-22(21-20(34-25)18-33-24(35-21)19-6-3-2-4-7-19)31-16-14-29-12-9-26(8-5-11-27)10-13-30-15-17-32-23/h2-4,6-7,20-25,27H,5,8-18H2,1H3/t20-,21-,22+,23+,24-,25+/m1/s1. The highest BCUT2D eigenvalue weighted by molar-refractivity contribution is 5.16. The van der Waals surface area contributed by atoms with Crippen LogP contribution in [0.1, 0.15) is 18.3 Å². The predicted molar refractivity (Wildman–Crippen MR) is 125 cm³/mol. The molecule has 0 saturated carbocycles. The number of methoxy groups -OCH3 is 1. The van der Waals surface area contributed by atoms with Gasteiger partial charge in [0.15, 0.2) is 12.6 Å². The maximum Gasteiger partial charge on any atom is 0.186 e. The summed E-state index contributed by atoms with van der Waals surface area (Å²) in [5.74, 6) is 0. The SMILES string of the molecule is CO[C@H]1O[C@@H]2CO[C@@H](c3ccccc3)O[C@H]2[C@@H]2OCCOCCN(CCCO)CCOCCO[C@H]12. The normalized spacial score (nSPS) is 34.2. The lowest BCUT2D eigenvalue weighted by Crippen LogP contribution is -2.63. The topological polar surface area (TPSA) is 97.3 Å². The van der Waals surface area contributed by atoms with E-state index in [-0.39, 0.29) is 12.7 Å². The zero-order valence-electron chi connectivity index (χ0n) is 20.5. The van der Waals surface area contributed by atoms with E-state index >= 15 is 0 Å². The molecular formula is C25H39NO9. The molecule has 3 heterocycles. The molecule has 0 unspecified atom stereocenters. The molecule has 1 aromatic rings. The second-order valence-electron chi connectivity index (χ2n) is 8.77. The van der Waals surface area contributed by atoms with E-state index in [0.717, 1.165) is 31.6 Å². The lowest BCUT2D eigenvalue weighted by molar-refractivity contribution is -0.368. The second kappa shape index (κ2) is 14.5. The first kappa shape index (κ1) is 26.9. The average molecular weight is 498 g/mol. The van der Waals surface area contributed by atoms with Crippen LogP contribution in [-0.2, 0) is 37.9 Å². The Morgan fingerprint density at radius 1 is 0.857 bits per heavy atom. The molecule has 0 spiro atoms. The molecule has 3 aliphatic heterocycles. The number of nitrogens with zero attached hydrogens (tertiary/aromatic N) is 1. The van der Waals surface area contributed by atoms with Gasteiger partial charge in [-0.25, -0.2) is 0 Å². The number of aliphatic hydroxyl groups excluding tert-OH is 1. The molecular weight excluding hydrogens is 458 g/mol. The van der Waals surface area contributed by atoms with Gasteiger partial charge in [-0.05, 0) is 6.42 Å². The fraction of sp³-hybridized carbons (Fsp3) is 0.760. The summed E-state index contributed by atoms with van der Waals surface area (Å²) in [6, 6.07) is 9.84. The van der Waals surface area contributed by atoms with Crippen LogP contribution < -0.4 is 0 Å². The van der Waals surface area contributed by atoms with Crippen molar-refractivity contribution in [1.82, 2.24) is 4.90 Å². The second-order valence-corrected chi connectivity index (χ2v) is 8.77. The van der Waals surface area contributed by atoms with E-state index in [9.17, 15) is 0 Å². The van der Waals surface area contributed by atoms with Gasteiger partial charge in [-0.2, -0.15) is 0 Å². The van der Waals surface area contributed by atoms with Gasteiger partial charge in [0.05, 0.1) is 46.2 Å². The molecule has 10 heteroatoms. The molecule has 0 amide bonds. The Morgan fingerprint density at radius 2 is 1.57 bits per heavy atom. The summed E-state index contributed by atoms with van der Waals surface area (Å²) in [6.07, 6.45) is -2.06. The van der Waals surface area contributed by atoms with Gasteiger partial charge in [0.1, 0.15) is 24.4 Å². The van der Waals surface area contributed by atoms with Crippen molar-refractivity contribution >= 4 is 0 Å². The number of hydrogen-bond acceptors (Lipinski definition) is 10. The highest BCUT2D eigenvalue weighted by atomic mass is 16.8. The fourth-order valence-electron chi connectivity index (χ4n) is 4.59. The summed E-state index contributed by atoms with van der Waals surface area (Å²) < 4.78 is 48.3. The number of benzene rings is 1. The Morgan fingerprint density at radius 3 is 2.26 bits per heavy atom. The molecule has 6 atom stereocenters. The molecule has 0 aromatic heterocycles. The number of fused-ring (bicyclic) bond motifs is 3. The van der Waals surface area contributed by atoms with Crippen LogP contribution in [0.25, 0.3) is 0 Å². The van der Waals surface area contributed by atoms with Crippen LogP contribution >= 0.6 is 0 Å². The third kappa shape index (κ3) is 7.65. The first-order valence-electron chi connectivity index (χ1n) is 12.5. The third-order valence-electron chi connectivity index (χ3n) is 6.40. The molecule has 3 saturated heterocycles. The zero-order valence-corrected chi connectivity index (χ0v) is 20.5. The van der Waals surface area contributed by atoms with E-state index < -0.39 is 30.9 Å². The van der Waals surface area contributed by atoms with Crippen molar-refractivity contribution in [2.45, 2.75) is 43.4 Å². The van der Waals surface area contributed by atoms with Crippen molar-refractivity contribution in [2.75, 3.05) is 79.6 Å². The van der Waals surface area contributed by atoms with Gasteiger partial charge >= 0.3 is 0 Å². The number of rotatable bonds is 5. The van der Waals surface area contributed by atoms with Crippen molar-refractivity contribution < 1.29 is 43.0 Å². The molecule has 4 rings (SSSR count). The van der Waals surface area contributed by atoms with Gasteiger partial charge < -0.3 is 43.0 Å². The van der Waals surface area contributed by atoms with E-state index in [1.165, 1.54) is 0 Å². The predicted octanol–water partition coefficient (Wildman–Crippen LogP) is 0.974. The first-order valence-corrected chi connectivity index (χ1v) is 12.5. The maximum absolute atomic E-state index is 9.15. The molecule has 0 radical (unpaired) electrons. The van der Waals surface area contributed by atoms with Crippen molar-refractivity contribution in [1.29, 1.82) is 0 Å². The van der Waals surface area contributed by atoms with Crippen molar-refractivity contribution in [3.05, 3.63) is 35.9 Å². The maximum atomic E-state index is 9.15. The highest BCUT2D eigenvalue weighted by Crippen LogP contribution is 2.36. The molecule has 0 aliphatic carbocycles. The highest BCUT2D eigenvalue weighted by Gasteiger charge is 2.51. The third-order valence-corrected chi connectivity index (χ3v) is 6.40. The van der Waals surface area contributed by atoms with Crippen LogP contribution in [0, 0.1) is 0 Å². The monoisotopic (exact) mass is 497 g/mol. The Hall–Kier alpha value is -1.18. The summed E-state index contributed by atoms with van der Waals surface area (Å²) >= 11 is 0. The van der Waals surface area contributed by atoms with Gasteiger partial charge in [0.2, 0.25) is 0 Å². The minimum absolute atomic E-state index is 0.172. The van der Waals surface area contributed by atoms with Gasteiger partial charge in [-0.1, -0.05) is 30.3 Å². The molecule has 1 N–H and O–H groups in total. The van der Waals surface area contributed by atoms with Crippen LogP contribution in [0.5, 0.6) is 0 Å². The van der Waals surface area contributed by atoms with E-state index in [4.69, 9.17) is 43.0 Å². The average Bonchev–Trinajstić information content (AvgIpc) is 2.91. The minimum atomic E-state index is -0.618. The molecule has 0 bridgehead atoms. The Balaban J connectivity index is 1.42. The largest absolute Gasteiger partial charge is 0.396 e. The van der Waals surface area contributed by atoms with Crippen LogP contribution in [0.3, 0.4) is 0 Å². The van der Waals surface area contributed by atoms with Crippen LogP contribution in [0.15, 0.2) is 30.3 Å². The zero-order chi connectivity index (χ0) is 24.3. The molecule has 1 aromatic carbocycles. The minimum Gasteiger partial charge on any atom is -0.396 e. The summed E-state index contributed by atoms with van der Waals surface area (Å²) in [5.41, 5.74) is 0.942. The smallest absolute Gasteiger partial charge is 0.186 e. The molecule has 198 valence electrons. The Bertz CT molecular complexity index is 711. The number of ether oxygens (including phenoxy) is 8. The Kier molecular flexibility index (Phi) is 11.2. The van der Waals surface area contributed by atoms with Gasteiger partial charge in [-0.15, -0.1) is 0 Å². The summed E-state index contributed by atoms with van der Waals surface area (Å²) in [5, 5.41) is 9.15. The van der Waals surface area contributed by atoms with Gasteiger partial charge in [0.25, 0.3) is 0 Å². The van der Waals surface area contributed by atoms with E-state index in [2.05, 4.69) is 4.90 Å². The van der Waals surface area contributed by atoms with E-state index in [0.29, 0.717) is 46.2 Å².